The maximum Gasteiger partial charge on any atom is 0.408 e. The number of hydrogen-bond acceptors (Lipinski definition) is 5. The second-order valence-electron chi connectivity index (χ2n) is 5.44. The lowest BCUT2D eigenvalue weighted by Crippen LogP contribution is -2.33. The van der Waals surface area contributed by atoms with Crippen LogP contribution in [-0.2, 0) is 0 Å². The maximum atomic E-state index is 14.5. The van der Waals surface area contributed by atoms with Crippen molar-refractivity contribution >= 4 is 16.9 Å². The van der Waals surface area contributed by atoms with E-state index in [4.69, 9.17) is 0 Å². The predicted molar refractivity (Wildman–Crippen MR) is 79.5 cm³/mol. The first kappa shape index (κ1) is 18.7. The van der Waals surface area contributed by atoms with Crippen molar-refractivity contribution in [2.45, 2.75) is 19.1 Å². The number of rotatable bonds is 3. The maximum absolute atomic E-state index is 14.5. The molecule has 0 saturated carbocycles. The van der Waals surface area contributed by atoms with Gasteiger partial charge in [0.15, 0.2) is 0 Å². The fourth-order valence-electron chi connectivity index (χ4n) is 2.34. The summed E-state index contributed by atoms with van der Waals surface area (Å²) in [5.41, 5.74) is -3.67. The smallest absolute Gasteiger partial charge is 0.372 e. The SMILES string of the molecule is C[C@H](Nc1c(-c2c(F)cc(F)cc2F)c(F)nc2nncnc12)C(F)(F)F. The summed E-state index contributed by atoms with van der Waals surface area (Å²) in [5, 5.41) is 8.71. The first-order chi connectivity index (χ1) is 12.6. The fraction of sp³-hybridized carbons (Fsp3) is 0.200. The molecular weight excluding hydrogens is 383 g/mol. The highest BCUT2D eigenvalue weighted by atomic mass is 19.4. The van der Waals surface area contributed by atoms with Crippen LogP contribution >= 0.6 is 0 Å². The summed E-state index contributed by atoms with van der Waals surface area (Å²) in [5.74, 6) is -5.88. The minimum atomic E-state index is -4.77. The Kier molecular flexibility index (Phi) is 4.57. The van der Waals surface area contributed by atoms with Gasteiger partial charge in [-0.05, 0) is 6.92 Å². The van der Waals surface area contributed by atoms with E-state index in [1.54, 1.807) is 0 Å². The molecule has 5 nitrogen and oxygen atoms in total. The number of benzene rings is 1. The Morgan fingerprint density at radius 1 is 1.00 bits per heavy atom. The predicted octanol–water partition coefficient (Wildman–Crippen LogP) is 4.01. The summed E-state index contributed by atoms with van der Waals surface area (Å²) >= 11 is 0. The highest BCUT2D eigenvalue weighted by Crippen LogP contribution is 2.39. The zero-order valence-corrected chi connectivity index (χ0v) is 13.2. The molecule has 1 N–H and O–H groups in total. The van der Waals surface area contributed by atoms with E-state index in [-0.39, 0.29) is 12.1 Å². The molecule has 0 unspecified atom stereocenters. The van der Waals surface area contributed by atoms with Crippen LogP contribution in [0, 0.1) is 23.4 Å². The first-order valence-corrected chi connectivity index (χ1v) is 7.24. The molecule has 3 rings (SSSR count). The van der Waals surface area contributed by atoms with E-state index in [1.165, 1.54) is 0 Å². The monoisotopic (exact) mass is 391 g/mol. The standard InChI is InChI=1S/C15H8F7N5/c1-5(15(20,21)22)25-11-10(9-7(17)2-6(16)3-8(9)18)13(19)26-14-12(11)23-4-24-27-14/h2-5H,1H3,(H,25,26,27)/t5-/m0/s1. The van der Waals surface area contributed by atoms with Crippen molar-refractivity contribution in [2.24, 2.45) is 0 Å². The number of nitrogens with zero attached hydrogens (tertiary/aromatic N) is 4. The number of pyridine rings is 1. The highest BCUT2D eigenvalue weighted by Gasteiger charge is 2.37. The van der Waals surface area contributed by atoms with Gasteiger partial charge >= 0.3 is 6.18 Å². The third kappa shape index (κ3) is 3.46. The molecule has 0 bridgehead atoms. The number of hydrogen-bond donors (Lipinski definition) is 1. The van der Waals surface area contributed by atoms with Gasteiger partial charge in [-0.3, -0.25) is 0 Å². The average Bonchev–Trinajstić information content (AvgIpc) is 2.55. The molecule has 0 spiro atoms. The van der Waals surface area contributed by atoms with Crippen molar-refractivity contribution in [3.8, 4) is 11.1 Å². The zero-order chi connectivity index (χ0) is 19.9. The molecule has 0 radical (unpaired) electrons. The van der Waals surface area contributed by atoms with Gasteiger partial charge < -0.3 is 5.32 Å². The molecule has 1 aromatic carbocycles. The molecule has 12 heteroatoms. The molecule has 0 aliphatic rings. The number of fused-ring (bicyclic) bond motifs is 1. The first-order valence-electron chi connectivity index (χ1n) is 7.24. The van der Waals surface area contributed by atoms with E-state index in [9.17, 15) is 30.7 Å². The summed E-state index contributed by atoms with van der Waals surface area (Å²) in [6, 6.07) is -1.73. The third-order valence-corrected chi connectivity index (χ3v) is 3.61. The normalized spacial score (nSPS) is 13.0. The highest BCUT2D eigenvalue weighted by molar-refractivity contribution is 5.95. The molecule has 0 aliphatic heterocycles. The van der Waals surface area contributed by atoms with Crippen LogP contribution in [0.15, 0.2) is 18.5 Å². The van der Waals surface area contributed by atoms with Crippen LogP contribution in [0.3, 0.4) is 0 Å². The molecule has 2 aromatic heterocycles. The van der Waals surface area contributed by atoms with Crippen LogP contribution < -0.4 is 5.32 Å². The molecule has 0 fully saturated rings. The zero-order valence-electron chi connectivity index (χ0n) is 13.2. The topological polar surface area (TPSA) is 63.6 Å². The number of halogens is 7. The van der Waals surface area contributed by atoms with Gasteiger partial charge in [-0.2, -0.15) is 22.5 Å². The third-order valence-electron chi connectivity index (χ3n) is 3.61. The summed E-state index contributed by atoms with van der Waals surface area (Å²) in [6.07, 6.45) is -3.93. The van der Waals surface area contributed by atoms with Gasteiger partial charge in [0.2, 0.25) is 11.6 Å². The van der Waals surface area contributed by atoms with Crippen molar-refractivity contribution < 1.29 is 30.7 Å². The lowest BCUT2D eigenvalue weighted by Gasteiger charge is -2.21. The summed E-state index contributed by atoms with van der Waals surface area (Å²) in [4.78, 5) is 7.00. The Labute approximate surface area is 146 Å². The lowest BCUT2D eigenvalue weighted by atomic mass is 10.0. The molecule has 1 atom stereocenters. The Bertz CT molecular complexity index is 998. The van der Waals surface area contributed by atoms with E-state index < -0.39 is 63.6 Å². The molecule has 142 valence electrons. The molecular formula is C15H8F7N5. The number of anilines is 1. The van der Waals surface area contributed by atoms with Crippen LogP contribution in [0.2, 0.25) is 0 Å². The molecule has 0 aliphatic carbocycles. The van der Waals surface area contributed by atoms with Gasteiger partial charge in [0, 0.05) is 12.1 Å². The number of alkyl halides is 3. The molecule has 27 heavy (non-hydrogen) atoms. The molecule has 3 aromatic rings. The fourth-order valence-corrected chi connectivity index (χ4v) is 2.34. The van der Waals surface area contributed by atoms with Crippen molar-refractivity contribution in [1.82, 2.24) is 20.2 Å². The van der Waals surface area contributed by atoms with Crippen molar-refractivity contribution in [1.29, 1.82) is 0 Å². The van der Waals surface area contributed by atoms with Gasteiger partial charge in [-0.25, -0.2) is 18.2 Å². The quantitative estimate of drug-likeness (QED) is 0.540. The Morgan fingerprint density at radius 2 is 1.63 bits per heavy atom. The lowest BCUT2D eigenvalue weighted by molar-refractivity contribution is -0.138. The van der Waals surface area contributed by atoms with Gasteiger partial charge in [0.1, 0.15) is 35.3 Å². The van der Waals surface area contributed by atoms with E-state index in [0.29, 0.717) is 6.92 Å². The Balaban J connectivity index is 2.36. The van der Waals surface area contributed by atoms with Crippen molar-refractivity contribution in [3.63, 3.8) is 0 Å². The number of aromatic nitrogens is 4. The minimum Gasteiger partial charge on any atom is -0.372 e. The molecule has 0 saturated heterocycles. The van der Waals surface area contributed by atoms with E-state index in [1.807, 2.05) is 5.32 Å². The summed E-state index contributed by atoms with van der Waals surface area (Å²) in [7, 11) is 0. The number of nitrogens with one attached hydrogen (secondary N) is 1. The van der Waals surface area contributed by atoms with Crippen LogP contribution in [0.25, 0.3) is 22.3 Å². The van der Waals surface area contributed by atoms with Crippen LogP contribution in [-0.4, -0.2) is 32.4 Å². The Morgan fingerprint density at radius 3 is 2.22 bits per heavy atom. The van der Waals surface area contributed by atoms with Crippen LogP contribution in [0.4, 0.5) is 36.4 Å². The van der Waals surface area contributed by atoms with Crippen molar-refractivity contribution in [2.75, 3.05) is 5.32 Å². The van der Waals surface area contributed by atoms with Gasteiger partial charge in [0.05, 0.1) is 16.8 Å². The van der Waals surface area contributed by atoms with E-state index >= 15 is 0 Å². The summed E-state index contributed by atoms with van der Waals surface area (Å²) in [6.45, 7) is 0.708. The molecule has 0 amide bonds. The van der Waals surface area contributed by atoms with Crippen LogP contribution in [0.1, 0.15) is 6.92 Å². The van der Waals surface area contributed by atoms with E-state index in [0.717, 1.165) is 6.33 Å². The average molecular weight is 391 g/mol. The van der Waals surface area contributed by atoms with Gasteiger partial charge in [-0.1, -0.05) is 0 Å². The second-order valence-corrected chi connectivity index (χ2v) is 5.44. The van der Waals surface area contributed by atoms with Gasteiger partial charge in [-0.15, -0.1) is 10.2 Å². The summed E-state index contributed by atoms with van der Waals surface area (Å²) < 4.78 is 94.9. The largest absolute Gasteiger partial charge is 0.408 e. The van der Waals surface area contributed by atoms with Crippen LogP contribution in [0.5, 0.6) is 0 Å². The van der Waals surface area contributed by atoms with Crippen molar-refractivity contribution in [3.05, 3.63) is 41.9 Å². The second kappa shape index (κ2) is 6.59. The Hall–Kier alpha value is -3.05. The minimum absolute atomic E-state index is 0.261. The van der Waals surface area contributed by atoms with E-state index in [2.05, 4.69) is 20.2 Å². The molecule has 2 heterocycles. The van der Waals surface area contributed by atoms with Gasteiger partial charge in [0.25, 0.3) is 0 Å².